The van der Waals surface area contributed by atoms with Gasteiger partial charge in [-0.3, -0.25) is 19.3 Å². The van der Waals surface area contributed by atoms with Gasteiger partial charge in [-0.15, -0.1) is 0 Å². The predicted molar refractivity (Wildman–Crippen MR) is 137 cm³/mol. The number of β-amino-alcohol motifs (C(OH)–C–C–N with tert-alkyl or cyclic N) is 1. The number of methoxy groups -OCH3 is 1. The first-order valence-electron chi connectivity index (χ1n) is 13.4. The second-order valence-electron chi connectivity index (χ2n) is 11.0. The van der Waals surface area contributed by atoms with E-state index in [1.807, 2.05) is 28.9 Å². The fraction of sp³-hybridized carbons (Fsp3) is 0.704. The molecule has 3 fully saturated rings. The summed E-state index contributed by atoms with van der Waals surface area (Å²) in [6, 6.07) is 9.60. The van der Waals surface area contributed by atoms with E-state index in [0.717, 1.165) is 69.2 Å². The summed E-state index contributed by atoms with van der Waals surface area (Å²) in [5, 5.41) is 19.8. The Balaban J connectivity index is 1.19. The zero-order valence-electron chi connectivity index (χ0n) is 21.4. The van der Waals surface area contributed by atoms with Crippen LogP contribution in [0.4, 0.5) is 0 Å². The van der Waals surface area contributed by atoms with Gasteiger partial charge >= 0.3 is 0 Å². The number of carbonyl (C=O) groups is 1. The number of aliphatic hydroxyl groups excluding tert-OH is 1. The summed E-state index contributed by atoms with van der Waals surface area (Å²) >= 11 is 0. The van der Waals surface area contributed by atoms with Gasteiger partial charge in [-0.05, 0) is 65.0 Å². The van der Waals surface area contributed by atoms with E-state index < -0.39 is 0 Å². The molecular weight excluding hydrogens is 442 g/mol. The SMILES string of the molecule is COC[C@@H]1CCCN1CC(O)CN1[C@@H]2CC[C@H]1CC(NC(=O)c1nn(C(C)C)c3ccccc13)C2. The molecule has 192 valence electrons. The standard InChI is InChI=1S/C27H41N5O3/c1-18(2)32-25-9-5-4-8-24(25)26(29-32)27(34)28-19-13-20-10-11-21(14-19)31(20)16-23(33)15-30-12-6-7-22(30)17-35-3/h4-5,8-9,18-23,33H,6-7,10-17H2,1-3H3,(H,28,34)/t19?,20-,21+,22-,23?/m0/s1. The number of hydrogen-bond donors (Lipinski definition) is 2. The van der Waals surface area contributed by atoms with E-state index in [1.165, 1.54) is 6.42 Å². The van der Waals surface area contributed by atoms with Crippen molar-refractivity contribution in [1.82, 2.24) is 24.9 Å². The predicted octanol–water partition coefficient (Wildman–Crippen LogP) is 2.81. The van der Waals surface area contributed by atoms with Crippen LogP contribution >= 0.6 is 0 Å². The molecule has 1 amide bonds. The third kappa shape index (κ3) is 5.12. The lowest BCUT2D eigenvalue weighted by Gasteiger charge is -2.40. The van der Waals surface area contributed by atoms with Gasteiger partial charge in [-0.2, -0.15) is 5.10 Å². The number of carbonyl (C=O) groups excluding carboxylic acids is 1. The zero-order chi connectivity index (χ0) is 24.5. The number of para-hydroxylation sites is 1. The molecule has 1 aromatic heterocycles. The molecule has 0 saturated carbocycles. The first kappa shape index (κ1) is 24.7. The van der Waals surface area contributed by atoms with E-state index >= 15 is 0 Å². The monoisotopic (exact) mass is 483 g/mol. The van der Waals surface area contributed by atoms with Crippen LogP contribution in [0.15, 0.2) is 24.3 Å². The summed E-state index contributed by atoms with van der Waals surface area (Å²) in [5.41, 5.74) is 1.53. The Hall–Kier alpha value is -2.00. The van der Waals surface area contributed by atoms with Crippen molar-refractivity contribution in [2.75, 3.05) is 33.4 Å². The van der Waals surface area contributed by atoms with Crippen molar-refractivity contribution in [3.8, 4) is 0 Å². The topological polar surface area (TPSA) is 82.9 Å². The molecule has 2 bridgehead atoms. The maximum atomic E-state index is 13.3. The third-order valence-corrected chi connectivity index (χ3v) is 8.26. The van der Waals surface area contributed by atoms with Gasteiger partial charge in [0.1, 0.15) is 0 Å². The number of hydrogen-bond acceptors (Lipinski definition) is 6. The van der Waals surface area contributed by atoms with Crippen molar-refractivity contribution in [2.24, 2.45) is 0 Å². The largest absolute Gasteiger partial charge is 0.390 e. The van der Waals surface area contributed by atoms with E-state index in [4.69, 9.17) is 4.74 Å². The van der Waals surface area contributed by atoms with Crippen LogP contribution in [0.25, 0.3) is 10.9 Å². The summed E-state index contributed by atoms with van der Waals surface area (Å²) in [7, 11) is 1.76. The van der Waals surface area contributed by atoms with Crippen molar-refractivity contribution in [1.29, 1.82) is 0 Å². The Morgan fingerprint density at radius 3 is 2.63 bits per heavy atom. The highest BCUT2D eigenvalue weighted by Gasteiger charge is 2.42. The number of rotatable bonds is 9. The average Bonchev–Trinajstić information content (AvgIpc) is 3.49. The number of aromatic nitrogens is 2. The quantitative estimate of drug-likeness (QED) is 0.571. The number of likely N-dealkylation sites (tertiary alicyclic amines) is 1. The van der Waals surface area contributed by atoms with E-state index in [0.29, 0.717) is 23.8 Å². The molecule has 5 atom stereocenters. The molecule has 2 unspecified atom stereocenters. The fourth-order valence-corrected chi connectivity index (χ4v) is 6.68. The van der Waals surface area contributed by atoms with Gasteiger partial charge in [0.25, 0.3) is 5.91 Å². The number of nitrogens with one attached hydrogen (secondary N) is 1. The Bertz CT molecular complexity index is 1010. The van der Waals surface area contributed by atoms with Crippen LogP contribution in [0, 0.1) is 0 Å². The molecule has 0 spiro atoms. The van der Waals surface area contributed by atoms with Crippen LogP contribution < -0.4 is 5.32 Å². The number of piperidine rings is 1. The van der Waals surface area contributed by atoms with Crippen LogP contribution in [0.3, 0.4) is 0 Å². The molecule has 1 aromatic carbocycles. The lowest BCUT2D eigenvalue weighted by atomic mass is 9.96. The molecule has 2 N–H and O–H groups in total. The van der Waals surface area contributed by atoms with Crippen molar-refractivity contribution in [3.63, 3.8) is 0 Å². The molecule has 2 aromatic rings. The maximum absolute atomic E-state index is 13.3. The van der Waals surface area contributed by atoms with E-state index in [-0.39, 0.29) is 24.1 Å². The first-order chi connectivity index (χ1) is 16.9. The maximum Gasteiger partial charge on any atom is 0.272 e. The van der Waals surface area contributed by atoms with E-state index in [2.05, 4.69) is 34.1 Å². The first-order valence-corrected chi connectivity index (χ1v) is 13.4. The van der Waals surface area contributed by atoms with E-state index in [9.17, 15) is 9.90 Å². The fourth-order valence-electron chi connectivity index (χ4n) is 6.68. The number of aliphatic hydroxyl groups is 1. The number of nitrogens with zero attached hydrogens (tertiary/aromatic N) is 4. The summed E-state index contributed by atoms with van der Waals surface area (Å²) in [6.45, 7) is 7.40. The van der Waals surface area contributed by atoms with Gasteiger partial charge < -0.3 is 15.2 Å². The minimum Gasteiger partial charge on any atom is -0.390 e. The highest BCUT2D eigenvalue weighted by atomic mass is 16.5. The summed E-state index contributed by atoms with van der Waals surface area (Å²) in [6.07, 6.45) is 6.15. The molecule has 0 aliphatic carbocycles. The highest BCUT2D eigenvalue weighted by Crippen LogP contribution is 2.36. The lowest BCUT2D eigenvalue weighted by Crippen LogP contribution is -2.53. The van der Waals surface area contributed by atoms with Gasteiger partial charge in [-0.1, -0.05) is 18.2 Å². The van der Waals surface area contributed by atoms with Crippen LogP contribution in [-0.2, 0) is 4.74 Å². The van der Waals surface area contributed by atoms with Crippen molar-refractivity contribution in [3.05, 3.63) is 30.0 Å². The molecule has 8 heteroatoms. The molecule has 0 radical (unpaired) electrons. The Morgan fingerprint density at radius 2 is 1.91 bits per heavy atom. The number of ether oxygens (including phenoxy) is 1. The molecule has 3 saturated heterocycles. The van der Waals surface area contributed by atoms with Crippen LogP contribution in [0.1, 0.15) is 68.9 Å². The minimum atomic E-state index is -0.354. The third-order valence-electron chi connectivity index (χ3n) is 8.26. The highest BCUT2D eigenvalue weighted by molar-refractivity contribution is 6.05. The average molecular weight is 484 g/mol. The van der Waals surface area contributed by atoms with Crippen LogP contribution in [0.5, 0.6) is 0 Å². The molecule has 5 rings (SSSR count). The van der Waals surface area contributed by atoms with Gasteiger partial charge in [0.05, 0.1) is 18.2 Å². The van der Waals surface area contributed by atoms with E-state index in [1.54, 1.807) is 7.11 Å². The smallest absolute Gasteiger partial charge is 0.272 e. The Kier molecular flexibility index (Phi) is 7.44. The van der Waals surface area contributed by atoms with Gasteiger partial charge in [0.15, 0.2) is 5.69 Å². The molecule has 4 heterocycles. The molecule has 8 nitrogen and oxygen atoms in total. The minimum absolute atomic E-state index is 0.0725. The molecule has 3 aliphatic rings. The summed E-state index contributed by atoms with van der Waals surface area (Å²) < 4.78 is 7.31. The second kappa shape index (κ2) is 10.5. The Morgan fingerprint density at radius 1 is 1.17 bits per heavy atom. The second-order valence-corrected chi connectivity index (χ2v) is 11.0. The summed E-state index contributed by atoms with van der Waals surface area (Å²) in [4.78, 5) is 18.2. The number of fused-ring (bicyclic) bond motifs is 3. The summed E-state index contributed by atoms with van der Waals surface area (Å²) in [5.74, 6) is -0.0725. The number of amides is 1. The van der Waals surface area contributed by atoms with Gasteiger partial charge in [0.2, 0.25) is 0 Å². The van der Waals surface area contributed by atoms with Crippen LogP contribution in [0.2, 0.25) is 0 Å². The van der Waals surface area contributed by atoms with Crippen molar-refractivity contribution in [2.45, 2.75) is 88.7 Å². The number of benzene rings is 1. The van der Waals surface area contributed by atoms with Crippen molar-refractivity contribution >= 4 is 16.8 Å². The molecule has 35 heavy (non-hydrogen) atoms. The lowest BCUT2D eigenvalue weighted by molar-refractivity contribution is 0.0227. The molecular formula is C27H41N5O3. The van der Waals surface area contributed by atoms with Gasteiger partial charge in [-0.25, -0.2) is 0 Å². The zero-order valence-corrected chi connectivity index (χ0v) is 21.4. The molecule has 3 aliphatic heterocycles. The van der Waals surface area contributed by atoms with Crippen molar-refractivity contribution < 1.29 is 14.6 Å². The van der Waals surface area contributed by atoms with Crippen LogP contribution in [-0.4, -0.2) is 94.2 Å². The normalized spacial score (nSPS) is 28.3. The Labute approximate surface area is 208 Å². The van der Waals surface area contributed by atoms with Gasteiger partial charge in [0, 0.05) is 55.8 Å².